The molecule has 0 saturated carbocycles. The number of rotatable bonds is 4. The molecule has 18 heavy (non-hydrogen) atoms. The van der Waals surface area contributed by atoms with Crippen molar-refractivity contribution in [3.8, 4) is 5.75 Å². The Labute approximate surface area is 107 Å². The van der Waals surface area contributed by atoms with Gasteiger partial charge in [-0.25, -0.2) is 0 Å². The number of ether oxygens (including phenoxy) is 1. The predicted octanol–water partition coefficient (Wildman–Crippen LogP) is 1.83. The zero-order valence-corrected chi connectivity index (χ0v) is 10.4. The SMILES string of the molecule is COc1ccc(C2CCCC=C2OB(O)O)cc1. The van der Waals surface area contributed by atoms with Crippen molar-refractivity contribution in [2.24, 2.45) is 0 Å². The summed E-state index contributed by atoms with van der Waals surface area (Å²) in [6.45, 7) is 0. The van der Waals surface area contributed by atoms with Crippen molar-refractivity contribution in [2.75, 3.05) is 7.11 Å². The van der Waals surface area contributed by atoms with Gasteiger partial charge in [-0.2, -0.15) is 0 Å². The lowest BCUT2D eigenvalue weighted by Gasteiger charge is -2.25. The first-order valence-corrected chi connectivity index (χ1v) is 6.07. The molecule has 1 atom stereocenters. The molecule has 5 heteroatoms. The van der Waals surface area contributed by atoms with Crippen molar-refractivity contribution in [1.29, 1.82) is 0 Å². The molecular formula is C13H17BO4. The molecule has 0 heterocycles. The Bertz CT molecular complexity index is 414. The monoisotopic (exact) mass is 248 g/mol. The number of hydrogen-bond acceptors (Lipinski definition) is 4. The van der Waals surface area contributed by atoms with Gasteiger partial charge in [0.2, 0.25) is 0 Å². The van der Waals surface area contributed by atoms with Crippen LogP contribution in [0.4, 0.5) is 0 Å². The van der Waals surface area contributed by atoms with E-state index in [-0.39, 0.29) is 5.92 Å². The summed E-state index contributed by atoms with van der Waals surface area (Å²) in [4.78, 5) is 0. The van der Waals surface area contributed by atoms with E-state index in [1.165, 1.54) is 0 Å². The van der Waals surface area contributed by atoms with E-state index in [0.717, 1.165) is 30.6 Å². The van der Waals surface area contributed by atoms with E-state index < -0.39 is 7.32 Å². The maximum Gasteiger partial charge on any atom is 0.707 e. The highest BCUT2D eigenvalue weighted by Crippen LogP contribution is 2.35. The normalized spacial score (nSPS) is 19.1. The van der Waals surface area contributed by atoms with Crippen LogP contribution in [0.15, 0.2) is 36.1 Å². The number of allylic oxidation sites excluding steroid dienone is 2. The molecular weight excluding hydrogens is 231 g/mol. The van der Waals surface area contributed by atoms with Crippen LogP contribution in [-0.2, 0) is 4.65 Å². The molecule has 0 radical (unpaired) electrons. The molecule has 1 aromatic carbocycles. The largest absolute Gasteiger partial charge is 0.707 e. The lowest BCUT2D eigenvalue weighted by Crippen LogP contribution is -2.21. The zero-order chi connectivity index (χ0) is 13.0. The Morgan fingerprint density at radius 2 is 1.94 bits per heavy atom. The van der Waals surface area contributed by atoms with Gasteiger partial charge in [-0.3, -0.25) is 0 Å². The van der Waals surface area contributed by atoms with E-state index in [1.807, 2.05) is 30.3 Å². The summed E-state index contributed by atoms with van der Waals surface area (Å²) in [6.07, 6.45) is 4.86. The first-order chi connectivity index (χ1) is 8.70. The van der Waals surface area contributed by atoms with Crippen molar-refractivity contribution >= 4 is 7.32 Å². The third-order valence-electron chi connectivity index (χ3n) is 3.15. The molecule has 0 aliphatic heterocycles. The second kappa shape index (κ2) is 5.93. The van der Waals surface area contributed by atoms with Gasteiger partial charge in [0.1, 0.15) is 5.75 Å². The Hall–Kier alpha value is -1.46. The minimum Gasteiger partial charge on any atom is -0.515 e. The van der Waals surface area contributed by atoms with E-state index in [1.54, 1.807) is 7.11 Å². The third kappa shape index (κ3) is 3.06. The fourth-order valence-corrected chi connectivity index (χ4v) is 2.27. The lowest BCUT2D eigenvalue weighted by atomic mass is 9.87. The van der Waals surface area contributed by atoms with Crippen molar-refractivity contribution < 1.29 is 19.4 Å². The van der Waals surface area contributed by atoms with Gasteiger partial charge in [-0.05, 0) is 43.0 Å². The Morgan fingerprint density at radius 3 is 2.56 bits per heavy atom. The molecule has 1 aliphatic rings. The first kappa shape index (κ1) is 13.0. The van der Waals surface area contributed by atoms with Crippen LogP contribution < -0.4 is 4.74 Å². The van der Waals surface area contributed by atoms with Crippen LogP contribution in [0.5, 0.6) is 5.75 Å². The summed E-state index contributed by atoms with van der Waals surface area (Å²) in [7, 11) is -0.123. The van der Waals surface area contributed by atoms with Crippen molar-refractivity contribution in [3.05, 3.63) is 41.7 Å². The van der Waals surface area contributed by atoms with Gasteiger partial charge in [0, 0.05) is 5.92 Å². The second-order valence-electron chi connectivity index (χ2n) is 4.31. The predicted molar refractivity (Wildman–Crippen MR) is 68.9 cm³/mol. The topological polar surface area (TPSA) is 58.9 Å². The molecule has 2 N–H and O–H groups in total. The summed E-state index contributed by atoms with van der Waals surface area (Å²) in [5.74, 6) is 1.54. The standard InChI is InChI=1S/C13H17BO4/c1-17-11-8-6-10(7-9-11)12-4-2-3-5-13(12)18-14(15)16/h5-9,12,15-16H,2-4H2,1H3. The maximum absolute atomic E-state index is 8.92. The number of hydrogen-bond donors (Lipinski definition) is 2. The van der Waals surface area contributed by atoms with Crippen LogP contribution >= 0.6 is 0 Å². The minimum absolute atomic E-state index is 0.0893. The quantitative estimate of drug-likeness (QED) is 0.798. The molecule has 0 spiro atoms. The summed E-state index contributed by atoms with van der Waals surface area (Å²) in [5, 5.41) is 17.8. The van der Waals surface area contributed by atoms with Crippen LogP contribution in [0.2, 0.25) is 0 Å². The molecule has 1 unspecified atom stereocenters. The highest BCUT2D eigenvalue weighted by molar-refractivity contribution is 6.33. The lowest BCUT2D eigenvalue weighted by molar-refractivity contribution is 0.218. The van der Waals surface area contributed by atoms with Gasteiger partial charge in [0.15, 0.2) is 0 Å². The fraction of sp³-hybridized carbons (Fsp3) is 0.385. The number of benzene rings is 1. The van der Waals surface area contributed by atoms with Gasteiger partial charge < -0.3 is 19.4 Å². The van der Waals surface area contributed by atoms with Crippen molar-refractivity contribution in [3.63, 3.8) is 0 Å². The Morgan fingerprint density at radius 1 is 1.22 bits per heavy atom. The summed E-state index contributed by atoms with van der Waals surface area (Å²) in [6, 6.07) is 7.76. The van der Waals surface area contributed by atoms with Crippen LogP contribution in [0.25, 0.3) is 0 Å². The summed E-state index contributed by atoms with van der Waals surface area (Å²) < 4.78 is 10.2. The average molecular weight is 248 g/mol. The van der Waals surface area contributed by atoms with Crippen molar-refractivity contribution in [2.45, 2.75) is 25.2 Å². The molecule has 1 aromatic rings. The molecule has 4 nitrogen and oxygen atoms in total. The van der Waals surface area contributed by atoms with E-state index in [0.29, 0.717) is 5.76 Å². The molecule has 1 aliphatic carbocycles. The van der Waals surface area contributed by atoms with Gasteiger partial charge in [0.05, 0.1) is 12.9 Å². The number of methoxy groups -OCH3 is 1. The zero-order valence-electron chi connectivity index (χ0n) is 10.4. The second-order valence-corrected chi connectivity index (χ2v) is 4.31. The van der Waals surface area contributed by atoms with E-state index in [4.69, 9.17) is 19.4 Å². The van der Waals surface area contributed by atoms with E-state index >= 15 is 0 Å². The van der Waals surface area contributed by atoms with Crippen LogP contribution in [-0.4, -0.2) is 24.5 Å². The molecule has 0 saturated heterocycles. The van der Waals surface area contributed by atoms with Gasteiger partial charge in [0.25, 0.3) is 0 Å². The molecule has 0 aromatic heterocycles. The highest BCUT2D eigenvalue weighted by Gasteiger charge is 2.24. The van der Waals surface area contributed by atoms with E-state index in [2.05, 4.69) is 0 Å². The Kier molecular flexibility index (Phi) is 4.28. The summed E-state index contributed by atoms with van der Waals surface area (Å²) >= 11 is 0. The Balaban J connectivity index is 2.18. The van der Waals surface area contributed by atoms with E-state index in [9.17, 15) is 0 Å². The van der Waals surface area contributed by atoms with Gasteiger partial charge >= 0.3 is 7.32 Å². The molecule has 0 bridgehead atoms. The minimum atomic E-state index is -1.75. The van der Waals surface area contributed by atoms with Gasteiger partial charge in [-0.15, -0.1) is 0 Å². The van der Waals surface area contributed by atoms with Gasteiger partial charge in [-0.1, -0.05) is 12.1 Å². The van der Waals surface area contributed by atoms with Crippen LogP contribution in [0.3, 0.4) is 0 Å². The third-order valence-corrected chi connectivity index (χ3v) is 3.15. The van der Waals surface area contributed by atoms with Crippen LogP contribution in [0, 0.1) is 0 Å². The van der Waals surface area contributed by atoms with Crippen LogP contribution in [0.1, 0.15) is 30.7 Å². The molecule has 0 fully saturated rings. The average Bonchev–Trinajstić information content (AvgIpc) is 2.39. The summed E-state index contributed by atoms with van der Waals surface area (Å²) in [5.41, 5.74) is 1.10. The fourth-order valence-electron chi connectivity index (χ4n) is 2.27. The van der Waals surface area contributed by atoms with Crippen molar-refractivity contribution in [1.82, 2.24) is 0 Å². The first-order valence-electron chi connectivity index (χ1n) is 6.07. The maximum atomic E-state index is 8.92. The highest BCUT2D eigenvalue weighted by atomic mass is 16.6. The smallest absolute Gasteiger partial charge is 0.515 e. The molecule has 0 amide bonds. The molecule has 2 rings (SSSR count). The molecule has 96 valence electrons.